The average molecular weight is 391 g/mol. The predicted molar refractivity (Wildman–Crippen MR) is 112 cm³/mol. The van der Waals surface area contributed by atoms with Gasteiger partial charge in [0.05, 0.1) is 25.9 Å². The molecule has 0 amide bonds. The Kier molecular flexibility index (Phi) is 8.39. The molecule has 1 unspecified atom stereocenters. The highest BCUT2D eigenvalue weighted by atomic mass is 32.1. The van der Waals surface area contributed by atoms with Crippen LogP contribution in [0.1, 0.15) is 44.3 Å². The fourth-order valence-corrected chi connectivity index (χ4v) is 3.25. The summed E-state index contributed by atoms with van der Waals surface area (Å²) in [6.07, 6.45) is -0.0439. The maximum absolute atomic E-state index is 5.98. The number of nitrogens with zero attached hydrogens (tertiary/aromatic N) is 2. The number of para-hydroxylation sites is 2. The number of methoxy groups -OCH3 is 1. The van der Waals surface area contributed by atoms with Crippen molar-refractivity contribution in [2.24, 2.45) is 4.99 Å². The SMILES string of the molecule is CCNC(=NCc1nc(C(C)C)cs1)NCC(C)Oc1ccccc1OC. The molecule has 27 heavy (non-hydrogen) atoms. The van der Waals surface area contributed by atoms with E-state index < -0.39 is 0 Å². The Hall–Kier alpha value is -2.28. The number of rotatable bonds is 9. The van der Waals surface area contributed by atoms with E-state index in [-0.39, 0.29) is 6.10 Å². The Labute approximate surface area is 166 Å². The molecule has 0 bridgehead atoms. The van der Waals surface area contributed by atoms with Gasteiger partial charge >= 0.3 is 0 Å². The Morgan fingerprint density at radius 2 is 1.93 bits per heavy atom. The summed E-state index contributed by atoms with van der Waals surface area (Å²) in [6.45, 7) is 10.3. The number of benzene rings is 1. The van der Waals surface area contributed by atoms with E-state index in [0.29, 0.717) is 19.0 Å². The molecule has 0 fully saturated rings. The lowest BCUT2D eigenvalue weighted by atomic mass is 10.2. The molecular formula is C20H30N4O2S. The van der Waals surface area contributed by atoms with E-state index in [9.17, 15) is 0 Å². The van der Waals surface area contributed by atoms with Gasteiger partial charge < -0.3 is 20.1 Å². The van der Waals surface area contributed by atoms with Gasteiger partial charge in [-0.3, -0.25) is 0 Å². The molecule has 0 spiro atoms. The number of nitrogens with one attached hydrogen (secondary N) is 2. The molecule has 0 aliphatic carbocycles. The highest BCUT2D eigenvalue weighted by Crippen LogP contribution is 2.26. The van der Waals surface area contributed by atoms with E-state index >= 15 is 0 Å². The number of thiazole rings is 1. The minimum absolute atomic E-state index is 0.0439. The van der Waals surface area contributed by atoms with Crippen LogP contribution in [0.5, 0.6) is 11.5 Å². The van der Waals surface area contributed by atoms with Gasteiger partial charge in [0.25, 0.3) is 0 Å². The van der Waals surface area contributed by atoms with Crippen LogP contribution in [0.3, 0.4) is 0 Å². The minimum Gasteiger partial charge on any atom is -0.493 e. The van der Waals surface area contributed by atoms with Gasteiger partial charge in [-0.2, -0.15) is 0 Å². The average Bonchev–Trinajstić information content (AvgIpc) is 3.14. The maximum Gasteiger partial charge on any atom is 0.191 e. The summed E-state index contributed by atoms with van der Waals surface area (Å²) in [4.78, 5) is 9.26. The van der Waals surface area contributed by atoms with Crippen molar-refractivity contribution in [3.05, 3.63) is 40.3 Å². The van der Waals surface area contributed by atoms with E-state index in [1.807, 2.05) is 38.1 Å². The summed E-state index contributed by atoms with van der Waals surface area (Å²) in [5.41, 5.74) is 1.13. The fraction of sp³-hybridized carbons (Fsp3) is 0.500. The van der Waals surface area contributed by atoms with E-state index in [0.717, 1.165) is 34.7 Å². The first-order valence-corrected chi connectivity index (χ1v) is 10.2. The quantitative estimate of drug-likeness (QED) is 0.504. The Balaban J connectivity index is 1.90. The number of hydrogen-bond acceptors (Lipinski definition) is 5. The molecule has 6 nitrogen and oxygen atoms in total. The lowest BCUT2D eigenvalue weighted by molar-refractivity contribution is 0.213. The molecule has 148 valence electrons. The lowest BCUT2D eigenvalue weighted by Gasteiger charge is -2.19. The fourth-order valence-electron chi connectivity index (χ4n) is 2.37. The van der Waals surface area contributed by atoms with Gasteiger partial charge in [0, 0.05) is 11.9 Å². The molecule has 1 aromatic carbocycles. The summed E-state index contributed by atoms with van der Waals surface area (Å²) in [5.74, 6) is 2.67. The second kappa shape index (κ2) is 10.8. The van der Waals surface area contributed by atoms with Crippen LogP contribution in [0.2, 0.25) is 0 Å². The van der Waals surface area contributed by atoms with Crippen LogP contribution in [-0.2, 0) is 6.54 Å². The minimum atomic E-state index is -0.0439. The first kappa shape index (κ1) is 21.0. The van der Waals surface area contributed by atoms with Crippen LogP contribution in [0, 0.1) is 0 Å². The van der Waals surface area contributed by atoms with E-state index in [2.05, 4.69) is 39.8 Å². The first-order valence-electron chi connectivity index (χ1n) is 9.29. The molecule has 0 aliphatic heterocycles. The molecule has 2 rings (SSSR count). The molecule has 2 aromatic rings. The molecular weight excluding hydrogens is 360 g/mol. The van der Waals surface area contributed by atoms with Gasteiger partial charge in [0.2, 0.25) is 0 Å². The smallest absolute Gasteiger partial charge is 0.191 e. The van der Waals surface area contributed by atoms with Crippen molar-refractivity contribution in [2.45, 2.75) is 46.3 Å². The molecule has 0 radical (unpaired) electrons. The van der Waals surface area contributed by atoms with Crippen LogP contribution in [0.4, 0.5) is 0 Å². The van der Waals surface area contributed by atoms with Gasteiger partial charge in [0.1, 0.15) is 11.1 Å². The molecule has 1 atom stereocenters. The van der Waals surface area contributed by atoms with Crippen molar-refractivity contribution < 1.29 is 9.47 Å². The van der Waals surface area contributed by atoms with Crippen LogP contribution in [0.25, 0.3) is 0 Å². The molecule has 7 heteroatoms. The van der Waals surface area contributed by atoms with Crippen molar-refractivity contribution >= 4 is 17.3 Å². The third-order valence-electron chi connectivity index (χ3n) is 3.83. The molecule has 1 aromatic heterocycles. The topological polar surface area (TPSA) is 67.8 Å². The van der Waals surface area contributed by atoms with E-state index in [4.69, 9.17) is 9.47 Å². The van der Waals surface area contributed by atoms with Crippen molar-refractivity contribution in [1.82, 2.24) is 15.6 Å². The highest BCUT2D eigenvalue weighted by Gasteiger charge is 2.10. The molecule has 1 heterocycles. The van der Waals surface area contributed by atoms with Crippen LogP contribution in [0.15, 0.2) is 34.6 Å². The summed E-state index contributed by atoms with van der Waals surface area (Å²) < 4.78 is 11.3. The second-order valence-electron chi connectivity index (χ2n) is 6.48. The van der Waals surface area contributed by atoms with Crippen molar-refractivity contribution in [2.75, 3.05) is 20.2 Å². The normalized spacial score (nSPS) is 12.7. The van der Waals surface area contributed by atoms with Gasteiger partial charge in [0.15, 0.2) is 17.5 Å². The Morgan fingerprint density at radius 3 is 2.56 bits per heavy atom. The van der Waals surface area contributed by atoms with Gasteiger partial charge in [-0.25, -0.2) is 9.98 Å². The third-order valence-corrected chi connectivity index (χ3v) is 4.68. The number of aliphatic imine (C=N–C) groups is 1. The summed E-state index contributed by atoms with van der Waals surface area (Å²) >= 11 is 1.66. The number of aromatic nitrogens is 1. The maximum atomic E-state index is 5.98. The zero-order chi connectivity index (χ0) is 19.6. The zero-order valence-corrected chi connectivity index (χ0v) is 17.6. The standard InChI is InChI=1S/C20H30N4O2S/c1-6-21-20(23-12-19-24-16(13-27-19)14(2)3)22-11-15(4)26-18-10-8-7-9-17(18)25-5/h7-10,13-15H,6,11-12H2,1-5H3,(H2,21,22,23). The van der Waals surface area contributed by atoms with Crippen LogP contribution >= 0.6 is 11.3 Å². The Morgan fingerprint density at radius 1 is 1.19 bits per heavy atom. The molecule has 0 saturated heterocycles. The van der Waals surface area contributed by atoms with Crippen molar-refractivity contribution in [3.63, 3.8) is 0 Å². The summed E-state index contributed by atoms with van der Waals surface area (Å²) in [6, 6.07) is 7.65. The van der Waals surface area contributed by atoms with Crippen LogP contribution in [-0.4, -0.2) is 37.2 Å². The van der Waals surface area contributed by atoms with Gasteiger partial charge in [-0.15, -0.1) is 11.3 Å². The lowest BCUT2D eigenvalue weighted by Crippen LogP contribution is -2.41. The summed E-state index contributed by atoms with van der Waals surface area (Å²) in [7, 11) is 1.64. The zero-order valence-electron chi connectivity index (χ0n) is 16.8. The first-order chi connectivity index (χ1) is 13.0. The second-order valence-corrected chi connectivity index (χ2v) is 7.42. The number of guanidine groups is 1. The van der Waals surface area contributed by atoms with Gasteiger partial charge in [-0.05, 0) is 31.9 Å². The number of hydrogen-bond donors (Lipinski definition) is 2. The van der Waals surface area contributed by atoms with E-state index in [1.54, 1.807) is 18.4 Å². The predicted octanol–water partition coefficient (Wildman–Crippen LogP) is 3.80. The largest absolute Gasteiger partial charge is 0.493 e. The summed E-state index contributed by atoms with van der Waals surface area (Å²) in [5, 5.41) is 9.72. The number of ether oxygens (including phenoxy) is 2. The third kappa shape index (κ3) is 6.75. The van der Waals surface area contributed by atoms with Gasteiger partial charge in [-0.1, -0.05) is 26.0 Å². The van der Waals surface area contributed by atoms with Crippen molar-refractivity contribution in [1.29, 1.82) is 0 Å². The van der Waals surface area contributed by atoms with Crippen LogP contribution < -0.4 is 20.1 Å². The molecule has 0 aliphatic rings. The molecule has 2 N–H and O–H groups in total. The Bertz CT molecular complexity index is 730. The van der Waals surface area contributed by atoms with Crippen molar-refractivity contribution in [3.8, 4) is 11.5 Å². The monoisotopic (exact) mass is 390 g/mol. The van der Waals surface area contributed by atoms with E-state index in [1.165, 1.54) is 0 Å². The highest BCUT2D eigenvalue weighted by molar-refractivity contribution is 7.09. The molecule has 0 saturated carbocycles.